The van der Waals surface area contributed by atoms with E-state index in [-0.39, 0.29) is 24.6 Å². The molecule has 3 rings (SSSR count). The van der Waals surface area contributed by atoms with Crippen LogP contribution >= 0.6 is 0 Å². The van der Waals surface area contributed by atoms with E-state index in [4.69, 9.17) is 4.74 Å². The molecule has 4 amide bonds. The number of methoxy groups -OCH3 is 1. The zero-order valence-corrected chi connectivity index (χ0v) is 25.1. The molecule has 0 saturated heterocycles. The largest absolute Gasteiger partial charge is 0.482 e. The number of hydrogen-bond donors (Lipinski definition) is 2. The zero-order chi connectivity index (χ0) is 32.2. The van der Waals surface area contributed by atoms with Gasteiger partial charge < -0.3 is 29.9 Å². The molecule has 0 aliphatic carbocycles. The van der Waals surface area contributed by atoms with E-state index in [1.165, 1.54) is 25.1 Å². The topological polar surface area (TPSA) is 117 Å². The minimum Gasteiger partial charge on any atom is -0.482 e. The Morgan fingerprint density at radius 1 is 0.909 bits per heavy atom. The third kappa shape index (κ3) is 9.51. The molecule has 0 atom stereocenters. The number of amides is 4. The molecule has 3 aromatic rings. The van der Waals surface area contributed by atoms with Gasteiger partial charge in [-0.1, -0.05) is 44.2 Å². The maximum atomic E-state index is 14.2. The van der Waals surface area contributed by atoms with E-state index in [1.54, 1.807) is 48.5 Å². The highest BCUT2D eigenvalue weighted by molar-refractivity contribution is 5.99. The fourth-order valence-corrected chi connectivity index (χ4v) is 4.16. The molecular weight excluding hydrogens is 574 g/mol. The van der Waals surface area contributed by atoms with Crippen molar-refractivity contribution in [2.75, 3.05) is 49.0 Å². The molecule has 0 aromatic heterocycles. The molecule has 0 heterocycles. The first-order chi connectivity index (χ1) is 21.0. The summed E-state index contributed by atoms with van der Waals surface area (Å²) in [5.74, 6) is -2.90. The Bertz CT molecular complexity index is 1460. The van der Waals surface area contributed by atoms with E-state index in [0.717, 1.165) is 17.0 Å². The number of nitrogens with zero attached hydrogens (tertiary/aromatic N) is 2. The summed E-state index contributed by atoms with van der Waals surface area (Å²) in [6, 6.07) is 15.9. The number of halogens is 2. The predicted octanol–water partition coefficient (Wildman–Crippen LogP) is 4.92. The Morgan fingerprint density at radius 2 is 1.59 bits per heavy atom. The summed E-state index contributed by atoms with van der Waals surface area (Å²) in [6.45, 7) is 3.39. The minimum atomic E-state index is -0.892. The Balaban J connectivity index is 1.69. The van der Waals surface area contributed by atoms with Crippen LogP contribution in [0.5, 0.6) is 5.75 Å². The van der Waals surface area contributed by atoms with E-state index in [2.05, 4.69) is 15.4 Å². The lowest BCUT2D eigenvalue weighted by molar-refractivity contribution is -0.139. The number of rotatable bonds is 13. The highest BCUT2D eigenvalue weighted by Crippen LogP contribution is 2.29. The van der Waals surface area contributed by atoms with Crippen LogP contribution in [0.1, 0.15) is 25.8 Å². The molecule has 2 N–H and O–H groups in total. The van der Waals surface area contributed by atoms with Crippen molar-refractivity contribution in [1.82, 2.24) is 5.32 Å². The molecule has 3 aromatic carbocycles. The number of para-hydroxylation sites is 3. The van der Waals surface area contributed by atoms with Crippen LogP contribution in [0.15, 0.2) is 66.7 Å². The van der Waals surface area contributed by atoms with Crippen LogP contribution in [0.2, 0.25) is 0 Å². The van der Waals surface area contributed by atoms with Gasteiger partial charge in [-0.25, -0.2) is 13.6 Å². The highest BCUT2D eigenvalue weighted by Gasteiger charge is 2.23. The first kappa shape index (κ1) is 33.5. The van der Waals surface area contributed by atoms with Crippen LogP contribution in [-0.2, 0) is 25.5 Å². The summed E-state index contributed by atoms with van der Waals surface area (Å²) in [4.78, 5) is 52.6. The SMILES string of the molecule is COC(=O)Cc1cccc(NC(=O)NCC(=O)N(CCC(C)C)c2ccccc2OCC(=O)N(C)c2c(F)cccc2F)c1. The van der Waals surface area contributed by atoms with E-state index in [9.17, 15) is 28.0 Å². The van der Waals surface area contributed by atoms with E-state index in [1.807, 2.05) is 13.8 Å². The number of hydrogen-bond acceptors (Lipinski definition) is 6. The molecule has 0 spiro atoms. The number of nitrogens with one attached hydrogen (secondary N) is 2. The summed E-state index contributed by atoms with van der Waals surface area (Å²) in [5.41, 5.74) is 0.939. The number of anilines is 3. The van der Waals surface area contributed by atoms with Gasteiger partial charge in [0, 0.05) is 19.3 Å². The van der Waals surface area contributed by atoms with Crippen molar-refractivity contribution in [2.45, 2.75) is 26.7 Å². The molecular formula is C32H36F2N4O6. The molecule has 0 radical (unpaired) electrons. The first-order valence-electron chi connectivity index (χ1n) is 13.9. The van der Waals surface area contributed by atoms with Gasteiger partial charge in [0.15, 0.2) is 6.61 Å². The van der Waals surface area contributed by atoms with Crippen molar-refractivity contribution in [3.8, 4) is 5.75 Å². The third-order valence-corrected chi connectivity index (χ3v) is 6.55. The van der Waals surface area contributed by atoms with Crippen LogP contribution in [-0.4, -0.2) is 57.7 Å². The van der Waals surface area contributed by atoms with Gasteiger partial charge in [-0.3, -0.25) is 14.4 Å². The van der Waals surface area contributed by atoms with Gasteiger partial charge >= 0.3 is 12.0 Å². The number of urea groups is 1. The molecule has 0 aliphatic heterocycles. The quantitative estimate of drug-likeness (QED) is 0.265. The maximum Gasteiger partial charge on any atom is 0.319 e. The molecule has 0 aliphatic rings. The fraction of sp³-hybridized carbons (Fsp3) is 0.312. The summed E-state index contributed by atoms with van der Waals surface area (Å²) < 4.78 is 38.8. The van der Waals surface area contributed by atoms with Gasteiger partial charge in [-0.15, -0.1) is 0 Å². The number of likely N-dealkylation sites (N-methyl/N-ethyl adjacent to an activating group) is 1. The van der Waals surface area contributed by atoms with E-state index >= 15 is 0 Å². The van der Waals surface area contributed by atoms with Crippen LogP contribution in [0, 0.1) is 17.6 Å². The smallest absolute Gasteiger partial charge is 0.319 e. The highest BCUT2D eigenvalue weighted by atomic mass is 19.1. The normalized spacial score (nSPS) is 10.6. The second-order valence-corrected chi connectivity index (χ2v) is 10.3. The Kier molecular flexibility index (Phi) is 12.2. The molecule has 234 valence electrons. The number of ether oxygens (including phenoxy) is 2. The molecule has 0 fully saturated rings. The Morgan fingerprint density at radius 3 is 2.27 bits per heavy atom. The second kappa shape index (κ2) is 16.0. The molecule has 10 nitrogen and oxygen atoms in total. The van der Waals surface area contributed by atoms with Crippen molar-refractivity contribution >= 4 is 40.9 Å². The number of benzene rings is 3. The van der Waals surface area contributed by atoms with Gasteiger partial charge in [0.1, 0.15) is 23.1 Å². The zero-order valence-electron chi connectivity index (χ0n) is 25.1. The molecule has 12 heteroatoms. The van der Waals surface area contributed by atoms with Crippen molar-refractivity contribution in [3.63, 3.8) is 0 Å². The first-order valence-corrected chi connectivity index (χ1v) is 13.9. The molecule has 0 saturated carbocycles. The van der Waals surface area contributed by atoms with Crippen molar-refractivity contribution in [1.29, 1.82) is 0 Å². The van der Waals surface area contributed by atoms with E-state index in [0.29, 0.717) is 29.9 Å². The lowest BCUT2D eigenvalue weighted by atomic mass is 10.1. The summed E-state index contributed by atoms with van der Waals surface area (Å²) in [7, 11) is 2.53. The van der Waals surface area contributed by atoms with Gasteiger partial charge in [0.05, 0.1) is 25.8 Å². The standard InChI is InChI=1S/C32H36F2N4O6/c1-21(2)15-16-38(28(39)19-35-32(42)36-23-10-7-9-22(17-23)18-30(41)43-4)26-13-5-6-14-27(26)44-20-29(40)37(3)31-24(33)11-8-12-25(31)34/h5-14,17,21H,15-16,18-20H2,1-4H3,(H2,35,36,42). The average molecular weight is 611 g/mol. The summed E-state index contributed by atoms with van der Waals surface area (Å²) >= 11 is 0. The molecule has 0 bridgehead atoms. The molecule has 44 heavy (non-hydrogen) atoms. The second-order valence-electron chi connectivity index (χ2n) is 10.3. The number of esters is 1. The third-order valence-electron chi connectivity index (χ3n) is 6.55. The summed E-state index contributed by atoms with van der Waals surface area (Å²) in [5, 5.41) is 5.19. The average Bonchev–Trinajstić information content (AvgIpc) is 2.99. The van der Waals surface area contributed by atoms with Crippen LogP contribution in [0.25, 0.3) is 0 Å². The Hall–Kier alpha value is -5.00. The monoisotopic (exact) mass is 610 g/mol. The number of carbonyl (C=O) groups is 4. The van der Waals surface area contributed by atoms with Gasteiger partial charge in [-0.2, -0.15) is 0 Å². The van der Waals surface area contributed by atoms with Gasteiger partial charge in [-0.05, 0) is 54.3 Å². The predicted molar refractivity (Wildman–Crippen MR) is 163 cm³/mol. The van der Waals surface area contributed by atoms with E-state index < -0.39 is 47.7 Å². The lowest BCUT2D eigenvalue weighted by Gasteiger charge is -2.26. The van der Waals surface area contributed by atoms with Gasteiger partial charge in [0.2, 0.25) is 5.91 Å². The minimum absolute atomic E-state index is 0.0420. The molecule has 0 unspecified atom stereocenters. The van der Waals surface area contributed by atoms with Crippen LogP contribution in [0.4, 0.5) is 30.6 Å². The van der Waals surface area contributed by atoms with Gasteiger partial charge in [0.25, 0.3) is 5.91 Å². The van der Waals surface area contributed by atoms with Crippen molar-refractivity contribution in [3.05, 3.63) is 83.9 Å². The van der Waals surface area contributed by atoms with Crippen LogP contribution < -0.4 is 25.2 Å². The summed E-state index contributed by atoms with van der Waals surface area (Å²) in [6.07, 6.45) is 0.674. The van der Waals surface area contributed by atoms with Crippen LogP contribution in [0.3, 0.4) is 0 Å². The lowest BCUT2D eigenvalue weighted by Crippen LogP contribution is -2.42. The maximum absolute atomic E-state index is 14.2. The van der Waals surface area contributed by atoms with Crippen molar-refractivity contribution in [2.24, 2.45) is 5.92 Å². The number of carbonyl (C=O) groups excluding carboxylic acids is 4. The Labute approximate surface area is 254 Å². The fourth-order valence-electron chi connectivity index (χ4n) is 4.16. The van der Waals surface area contributed by atoms with Crippen molar-refractivity contribution < 1.29 is 37.4 Å².